The Balaban J connectivity index is 1.16. The minimum atomic E-state index is -0.349. The lowest BCUT2D eigenvalue weighted by Gasteiger charge is -2.10. The van der Waals surface area contributed by atoms with Gasteiger partial charge in [0.25, 0.3) is 5.91 Å². The first-order chi connectivity index (χ1) is 19.2. The van der Waals surface area contributed by atoms with Crippen molar-refractivity contribution >= 4 is 34.0 Å². The average Bonchev–Trinajstić information content (AvgIpc) is 3.50. The van der Waals surface area contributed by atoms with Gasteiger partial charge in [0, 0.05) is 16.3 Å². The summed E-state index contributed by atoms with van der Waals surface area (Å²) in [6, 6.07) is 37.7. The van der Waals surface area contributed by atoms with Gasteiger partial charge in [-0.3, -0.25) is 15.6 Å². The van der Waals surface area contributed by atoms with Crippen molar-refractivity contribution in [3.05, 3.63) is 132 Å². The number of pyridine rings is 1. The van der Waals surface area contributed by atoms with Gasteiger partial charge in [0.2, 0.25) is 0 Å². The Hall–Kier alpha value is -5.01. The van der Waals surface area contributed by atoms with E-state index in [1.165, 1.54) is 11.3 Å². The number of rotatable bonds is 8. The van der Waals surface area contributed by atoms with Crippen molar-refractivity contribution in [3.63, 3.8) is 0 Å². The van der Waals surface area contributed by atoms with E-state index in [1.54, 1.807) is 5.38 Å². The standard InChI is InChI=1S/C32H24N4O2S/c37-31(36-35-29-19-18-24-14-9-16-25(30(24)34-29)23-12-5-2-6-13-23)27-21-39-32(33-27)26-15-7-8-17-28(26)38-20-22-10-3-1-4-11-22/h1-19,21H,20H2,(H,34,35)(H,36,37). The maximum atomic E-state index is 12.9. The fraction of sp³-hybridized carbons (Fsp3) is 0.0312. The number of benzene rings is 4. The highest BCUT2D eigenvalue weighted by atomic mass is 32.1. The highest BCUT2D eigenvalue weighted by molar-refractivity contribution is 7.13. The number of carbonyl (C=O) groups is 1. The van der Waals surface area contributed by atoms with Gasteiger partial charge in [-0.05, 0) is 35.4 Å². The summed E-state index contributed by atoms with van der Waals surface area (Å²) >= 11 is 1.39. The number of fused-ring (bicyclic) bond motifs is 1. The van der Waals surface area contributed by atoms with Crippen LogP contribution in [-0.2, 0) is 6.61 Å². The number of nitrogens with zero attached hydrogens (tertiary/aromatic N) is 2. The number of ether oxygens (including phenoxy) is 1. The van der Waals surface area contributed by atoms with Crippen molar-refractivity contribution in [2.75, 3.05) is 5.43 Å². The van der Waals surface area contributed by atoms with Crippen molar-refractivity contribution in [1.29, 1.82) is 0 Å². The van der Waals surface area contributed by atoms with E-state index in [0.29, 0.717) is 23.1 Å². The van der Waals surface area contributed by atoms with Gasteiger partial charge in [0.15, 0.2) is 0 Å². The van der Waals surface area contributed by atoms with Crippen LogP contribution in [0.5, 0.6) is 5.75 Å². The largest absolute Gasteiger partial charge is 0.488 e. The topological polar surface area (TPSA) is 76.1 Å². The van der Waals surface area contributed by atoms with E-state index in [1.807, 2.05) is 103 Å². The number of para-hydroxylation sites is 2. The molecule has 0 radical (unpaired) electrons. The van der Waals surface area contributed by atoms with E-state index < -0.39 is 0 Å². The third-order valence-electron chi connectivity index (χ3n) is 6.20. The van der Waals surface area contributed by atoms with Gasteiger partial charge >= 0.3 is 0 Å². The van der Waals surface area contributed by atoms with Gasteiger partial charge in [-0.2, -0.15) is 0 Å². The Labute approximate surface area is 229 Å². The molecule has 7 heteroatoms. The van der Waals surface area contributed by atoms with E-state index in [0.717, 1.165) is 38.9 Å². The summed E-state index contributed by atoms with van der Waals surface area (Å²) in [6.07, 6.45) is 0. The van der Waals surface area contributed by atoms with Crippen molar-refractivity contribution in [1.82, 2.24) is 15.4 Å². The molecule has 0 unspecified atom stereocenters. The van der Waals surface area contributed by atoms with Crippen LogP contribution >= 0.6 is 11.3 Å². The zero-order valence-corrected chi connectivity index (χ0v) is 21.7. The minimum Gasteiger partial charge on any atom is -0.488 e. The lowest BCUT2D eigenvalue weighted by Crippen LogP contribution is -2.30. The fourth-order valence-corrected chi connectivity index (χ4v) is 5.09. The van der Waals surface area contributed by atoms with Crippen LogP contribution in [0, 0.1) is 0 Å². The molecule has 6 aromatic rings. The van der Waals surface area contributed by atoms with E-state index in [4.69, 9.17) is 9.72 Å². The van der Waals surface area contributed by atoms with Crippen LogP contribution in [0.2, 0.25) is 0 Å². The minimum absolute atomic E-state index is 0.311. The molecule has 0 aliphatic carbocycles. The molecule has 0 saturated carbocycles. The molecule has 0 fully saturated rings. The van der Waals surface area contributed by atoms with Gasteiger partial charge in [-0.25, -0.2) is 9.97 Å². The number of hydrazine groups is 1. The second-order valence-corrected chi connectivity index (χ2v) is 9.69. The first kappa shape index (κ1) is 24.3. The predicted octanol–water partition coefficient (Wildman–Crippen LogP) is 7.36. The summed E-state index contributed by atoms with van der Waals surface area (Å²) in [5.74, 6) is 0.906. The molecule has 6 rings (SSSR count). The number of thiazole rings is 1. The summed E-state index contributed by atoms with van der Waals surface area (Å²) in [6.45, 7) is 0.450. The quantitative estimate of drug-likeness (QED) is 0.202. The SMILES string of the molecule is O=C(NNc1ccc2cccc(-c3ccccc3)c2n1)c1csc(-c2ccccc2OCc2ccccc2)n1. The molecule has 0 saturated heterocycles. The van der Waals surface area contributed by atoms with Crippen LogP contribution < -0.4 is 15.6 Å². The summed E-state index contributed by atoms with van der Waals surface area (Å²) < 4.78 is 6.07. The lowest BCUT2D eigenvalue weighted by molar-refractivity contribution is 0.0958. The molecule has 0 bridgehead atoms. The summed E-state index contributed by atoms with van der Waals surface area (Å²) in [5, 5.41) is 3.47. The van der Waals surface area contributed by atoms with Gasteiger partial charge in [-0.15, -0.1) is 11.3 Å². The molecule has 2 N–H and O–H groups in total. The van der Waals surface area contributed by atoms with Crippen LogP contribution in [0.3, 0.4) is 0 Å². The van der Waals surface area contributed by atoms with Crippen LogP contribution in [0.1, 0.15) is 16.1 Å². The number of anilines is 1. The normalized spacial score (nSPS) is 10.8. The lowest BCUT2D eigenvalue weighted by atomic mass is 10.0. The summed E-state index contributed by atoms with van der Waals surface area (Å²) in [7, 11) is 0. The van der Waals surface area contributed by atoms with Crippen LogP contribution in [0.4, 0.5) is 5.82 Å². The number of aromatic nitrogens is 2. The third kappa shape index (κ3) is 5.49. The number of amides is 1. The molecular weight excluding hydrogens is 504 g/mol. The third-order valence-corrected chi connectivity index (χ3v) is 7.08. The van der Waals surface area contributed by atoms with Crippen LogP contribution in [0.15, 0.2) is 121 Å². The molecule has 6 nitrogen and oxygen atoms in total. The van der Waals surface area contributed by atoms with Crippen molar-refractivity contribution in [3.8, 4) is 27.4 Å². The maximum Gasteiger partial charge on any atom is 0.289 e. The number of hydrogen-bond acceptors (Lipinski definition) is 6. The average molecular weight is 529 g/mol. The highest BCUT2D eigenvalue weighted by Gasteiger charge is 2.15. The zero-order valence-electron chi connectivity index (χ0n) is 20.9. The smallest absolute Gasteiger partial charge is 0.289 e. The van der Waals surface area contributed by atoms with Crippen LogP contribution in [0.25, 0.3) is 32.6 Å². The molecule has 0 aliphatic rings. The molecule has 4 aromatic carbocycles. The zero-order chi connectivity index (χ0) is 26.4. The number of hydrogen-bond donors (Lipinski definition) is 2. The van der Waals surface area contributed by atoms with Gasteiger partial charge in [0.05, 0.1) is 11.1 Å². The second-order valence-electron chi connectivity index (χ2n) is 8.83. The number of carbonyl (C=O) groups excluding carboxylic acids is 1. The van der Waals surface area contributed by atoms with Crippen molar-refractivity contribution < 1.29 is 9.53 Å². The van der Waals surface area contributed by atoms with E-state index in [-0.39, 0.29) is 5.91 Å². The van der Waals surface area contributed by atoms with E-state index in [9.17, 15) is 4.79 Å². The second kappa shape index (κ2) is 11.2. The Morgan fingerprint density at radius 3 is 2.33 bits per heavy atom. The van der Waals surface area contributed by atoms with Gasteiger partial charge in [0.1, 0.15) is 28.9 Å². The van der Waals surface area contributed by atoms with E-state index >= 15 is 0 Å². The molecule has 190 valence electrons. The Kier molecular flexibility index (Phi) is 6.97. The summed E-state index contributed by atoms with van der Waals surface area (Å²) in [5.41, 5.74) is 10.9. The number of nitrogens with one attached hydrogen (secondary N) is 2. The molecule has 39 heavy (non-hydrogen) atoms. The summed E-state index contributed by atoms with van der Waals surface area (Å²) in [4.78, 5) is 22.3. The highest BCUT2D eigenvalue weighted by Crippen LogP contribution is 2.33. The maximum absolute atomic E-state index is 12.9. The van der Waals surface area contributed by atoms with Crippen molar-refractivity contribution in [2.45, 2.75) is 6.61 Å². The Bertz CT molecular complexity index is 1740. The Morgan fingerprint density at radius 1 is 0.744 bits per heavy atom. The van der Waals surface area contributed by atoms with Gasteiger partial charge in [-0.1, -0.05) is 91.0 Å². The van der Waals surface area contributed by atoms with Crippen molar-refractivity contribution in [2.24, 2.45) is 0 Å². The molecule has 0 aliphatic heterocycles. The molecule has 2 aromatic heterocycles. The monoisotopic (exact) mass is 528 g/mol. The molecule has 0 spiro atoms. The van der Waals surface area contributed by atoms with E-state index in [2.05, 4.69) is 28.0 Å². The van der Waals surface area contributed by atoms with Crippen LogP contribution in [-0.4, -0.2) is 15.9 Å². The first-order valence-corrected chi connectivity index (χ1v) is 13.4. The molecule has 2 heterocycles. The van der Waals surface area contributed by atoms with Gasteiger partial charge < -0.3 is 4.74 Å². The first-order valence-electron chi connectivity index (χ1n) is 12.5. The predicted molar refractivity (Wildman–Crippen MR) is 157 cm³/mol. The Morgan fingerprint density at radius 2 is 1.49 bits per heavy atom. The molecule has 1 amide bonds. The fourth-order valence-electron chi connectivity index (χ4n) is 4.26. The molecule has 0 atom stereocenters. The molecular formula is C32H24N4O2S.